The highest BCUT2D eigenvalue weighted by Crippen LogP contribution is 2.19. The zero-order valence-electron chi connectivity index (χ0n) is 14.8. The number of hydrogen-bond donors (Lipinski definition) is 2. The van der Waals surface area contributed by atoms with E-state index in [4.69, 9.17) is 16.1 Å². The molecule has 0 aliphatic rings. The first-order chi connectivity index (χ1) is 12.7. The first-order valence-electron chi connectivity index (χ1n) is 8.37. The molecule has 1 aromatic carbocycles. The number of hydrogen-bond acceptors (Lipinski definition) is 5. The van der Waals surface area contributed by atoms with Gasteiger partial charge in [0, 0.05) is 35.0 Å². The molecule has 0 unspecified atom stereocenters. The van der Waals surface area contributed by atoms with Gasteiger partial charge in [0.25, 0.3) is 0 Å². The molecule has 9 heteroatoms. The van der Waals surface area contributed by atoms with E-state index in [2.05, 4.69) is 37.2 Å². The smallest absolute Gasteiger partial charge is 0.228 e. The minimum absolute atomic E-state index is 0. The Morgan fingerprint density at radius 1 is 1.26 bits per heavy atom. The summed E-state index contributed by atoms with van der Waals surface area (Å²) in [5, 5.41) is 13.2. The van der Waals surface area contributed by atoms with E-state index >= 15 is 0 Å². The molecule has 0 saturated heterocycles. The quantitative estimate of drug-likeness (QED) is 0.277. The van der Waals surface area contributed by atoms with Gasteiger partial charge in [-0.25, -0.2) is 4.99 Å². The number of thiophene rings is 1. The molecule has 0 spiro atoms. The number of nitrogens with one attached hydrogen (secondary N) is 2. The highest BCUT2D eigenvalue weighted by Gasteiger charge is 2.09. The van der Waals surface area contributed by atoms with Crippen molar-refractivity contribution in [2.24, 2.45) is 4.99 Å². The second-order valence-electron chi connectivity index (χ2n) is 5.47. The Morgan fingerprint density at radius 3 is 2.89 bits per heavy atom. The average Bonchev–Trinajstić information content (AvgIpc) is 3.32. The van der Waals surface area contributed by atoms with Crippen LogP contribution in [0.4, 0.5) is 0 Å². The number of guanidine groups is 1. The van der Waals surface area contributed by atoms with Crippen LogP contribution in [-0.2, 0) is 13.0 Å². The van der Waals surface area contributed by atoms with Gasteiger partial charge in [-0.3, -0.25) is 0 Å². The zero-order valence-corrected chi connectivity index (χ0v) is 18.7. The fourth-order valence-corrected chi connectivity index (χ4v) is 3.11. The average molecular weight is 518 g/mol. The second-order valence-corrected chi connectivity index (χ2v) is 6.94. The third-order valence-corrected chi connectivity index (χ3v) is 4.60. The highest BCUT2D eigenvalue weighted by molar-refractivity contribution is 14.0. The van der Waals surface area contributed by atoms with Crippen molar-refractivity contribution in [3.05, 3.63) is 57.6 Å². The molecular formula is C18H21ClIN5OS. The summed E-state index contributed by atoms with van der Waals surface area (Å²) in [7, 11) is 0. The summed E-state index contributed by atoms with van der Waals surface area (Å²) >= 11 is 7.70. The molecule has 144 valence electrons. The summed E-state index contributed by atoms with van der Waals surface area (Å²) in [4.78, 5) is 10.2. The van der Waals surface area contributed by atoms with Gasteiger partial charge in [-0.15, -0.1) is 35.3 Å². The summed E-state index contributed by atoms with van der Waals surface area (Å²) in [6, 6.07) is 11.5. The molecule has 0 saturated carbocycles. The summed E-state index contributed by atoms with van der Waals surface area (Å²) in [6.07, 6.45) is 0.608. The predicted molar refractivity (Wildman–Crippen MR) is 121 cm³/mol. The highest BCUT2D eigenvalue weighted by atomic mass is 127. The Kier molecular flexibility index (Phi) is 9.02. The molecule has 2 heterocycles. The number of aliphatic imine (C=N–C) groups is 1. The van der Waals surface area contributed by atoms with Gasteiger partial charge in [-0.05, 0) is 30.5 Å². The molecule has 3 aromatic rings. The number of aromatic nitrogens is 2. The van der Waals surface area contributed by atoms with E-state index in [1.54, 1.807) is 11.3 Å². The van der Waals surface area contributed by atoms with E-state index in [9.17, 15) is 0 Å². The van der Waals surface area contributed by atoms with Crippen LogP contribution in [0.1, 0.15) is 17.7 Å². The van der Waals surface area contributed by atoms with E-state index in [1.807, 2.05) is 37.3 Å². The Balaban J connectivity index is 0.00000261. The van der Waals surface area contributed by atoms with Crippen molar-refractivity contribution >= 4 is 52.9 Å². The molecule has 0 amide bonds. The molecule has 0 aliphatic heterocycles. The van der Waals surface area contributed by atoms with Crippen LogP contribution in [0.15, 0.2) is 51.3 Å². The minimum Gasteiger partial charge on any atom is -0.357 e. The zero-order chi connectivity index (χ0) is 18.2. The topological polar surface area (TPSA) is 75.3 Å². The van der Waals surface area contributed by atoms with Crippen LogP contribution in [0.2, 0.25) is 5.02 Å². The van der Waals surface area contributed by atoms with Crippen LogP contribution in [0.25, 0.3) is 11.4 Å². The monoisotopic (exact) mass is 517 g/mol. The van der Waals surface area contributed by atoms with E-state index in [0.29, 0.717) is 36.2 Å². The van der Waals surface area contributed by atoms with Gasteiger partial charge in [0.2, 0.25) is 11.7 Å². The van der Waals surface area contributed by atoms with E-state index in [0.717, 1.165) is 18.1 Å². The maximum atomic E-state index is 6.00. The molecule has 2 aromatic heterocycles. The van der Waals surface area contributed by atoms with Gasteiger partial charge in [-0.1, -0.05) is 35.0 Å². The van der Waals surface area contributed by atoms with Crippen LogP contribution >= 0.6 is 46.9 Å². The van der Waals surface area contributed by atoms with Crippen molar-refractivity contribution in [2.75, 3.05) is 13.1 Å². The third-order valence-electron chi connectivity index (χ3n) is 3.50. The Morgan fingerprint density at radius 2 is 2.15 bits per heavy atom. The van der Waals surface area contributed by atoms with Crippen molar-refractivity contribution < 1.29 is 4.52 Å². The van der Waals surface area contributed by atoms with Gasteiger partial charge in [-0.2, -0.15) is 4.98 Å². The molecule has 0 aliphatic carbocycles. The lowest BCUT2D eigenvalue weighted by atomic mass is 10.2. The number of nitrogens with zero attached hydrogens (tertiary/aromatic N) is 3. The van der Waals surface area contributed by atoms with Gasteiger partial charge in [0.15, 0.2) is 5.96 Å². The fraction of sp³-hybridized carbons (Fsp3) is 0.278. The first kappa shape index (κ1) is 21.6. The molecule has 0 fully saturated rings. The van der Waals surface area contributed by atoms with Crippen LogP contribution in [0, 0.1) is 0 Å². The maximum Gasteiger partial charge on any atom is 0.228 e. The molecule has 27 heavy (non-hydrogen) atoms. The van der Waals surface area contributed by atoms with E-state index in [1.165, 1.54) is 4.88 Å². The molecule has 2 N–H and O–H groups in total. The van der Waals surface area contributed by atoms with E-state index in [-0.39, 0.29) is 24.0 Å². The fourth-order valence-electron chi connectivity index (χ4n) is 2.29. The largest absolute Gasteiger partial charge is 0.357 e. The number of halogens is 2. The van der Waals surface area contributed by atoms with Crippen LogP contribution in [0.3, 0.4) is 0 Å². The Hall–Kier alpha value is -1.65. The number of rotatable bonds is 7. The van der Waals surface area contributed by atoms with Gasteiger partial charge in [0.05, 0.1) is 6.54 Å². The van der Waals surface area contributed by atoms with E-state index < -0.39 is 0 Å². The molecule has 3 rings (SSSR count). The summed E-state index contributed by atoms with van der Waals surface area (Å²) in [6.45, 7) is 4.15. The second kappa shape index (κ2) is 11.3. The van der Waals surface area contributed by atoms with Gasteiger partial charge in [0.1, 0.15) is 0 Å². The summed E-state index contributed by atoms with van der Waals surface area (Å²) < 4.78 is 5.32. The SMILES string of the molecule is CCNC(=NCc1cccs1)NCCc1nc(-c2cccc(Cl)c2)no1.I. The van der Waals surface area contributed by atoms with Crippen molar-refractivity contribution in [3.63, 3.8) is 0 Å². The first-order valence-corrected chi connectivity index (χ1v) is 9.63. The summed E-state index contributed by atoms with van der Waals surface area (Å²) in [5.41, 5.74) is 0.839. The van der Waals surface area contributed by atoms with Crippen LogP contribution in [-0.4, -0.2) is 29.2 Å². The predicted octanol–water partition coefficient (Wildman–Crippen LogP) is 4.37. The van der Waals surface area contributed by atoms with Crippen LogP contribution < -0.4 is 10.6 Å². The van der Waals surface area contributed by atoms with Crippen molar-refractivity contribution in [1.82, 2.24) is 20.8 Å². The standard InChI is InChI=1S/C18H20ClN5OS.HI/c1-2-20-18(22-12-15-7-4-10-26-15)21-9-8-16-23-17(24-25-16)13-5-3-6-14(19)11-13;/h3-7,10-11H,2,8-9,12H2,1H3,(H2,20,21,22);1H. The lowest BCUT2D eigenvalue weighted by Gasteiger charge is -2.09. The van der Waals surface area contributed by atoms with Gasteiger partial charge >= 0.3 is 0 Å². The normalized spacial score (nSPS) is 11.1. The third kappa shape index (κ3) is 6.78. The van der Waals surface area contributed by atoms with Crippen molar-refractivity contribution in [1.29, 1.82) is 0 Å². The lowest BCUT2D eigenvalue weighted by molar-refractivity contribution is 0.378. The molecule has 0 atom stereocenters. The van der Waals surface area contributed by atoms with Crippen molar-refractivity contribution in [2.45, 2.75) is 19.9 Å². The van der Waals surface area contributed by atoms with Crippen molar-refractivity contribution in [3.8, 4) is 11.4 Å². The van der Waals surface area contributed by atoms with Gasteiger partial charge < -0.3 is 15.2 Å². The lowest BCUT2D eigenvalue weighted by Crippen LogP contribution is -2.38. The molecular weight excluding hydrogens is 497 g/mol. The Labute approximate surface area is 184 Å². The molecule has 0 radical (unpaired) electrons. The maximum absolute atomic E-state index is 6.00. The summed E-state index contributed by atoms with van der Waals surface area (Å²) in [5.74, 6) is 1.89. The Bertz CT molecular complexity index is 853. The minimum atomic E-state index is 0. The number of benzene rings is 1. The molecule has 0 bridgehead atoms. The van der Waals surface area contributed by atoms with Crippen LogP contribution in [0.5, 0.6) is 0 Å². The molecule has 6 nitrogen and oxygen atoms in total.